The first-order valence-corrected chi connectivity index (χ1v) is 10.0. The van der Waals surface area contributed by atoms with E-state index in [0.29, 0.717) is 34.0 Å². The van der Waals surface area contributed by atoms with Gasteiger partial charge in [-0.3, -0.25) is 4.79 Å². The van der Waals surface area contributed by atoms with Crippen molar-refractivity contribution in [3.8, 4) is 0 Å². The van der Waals surface area contributed by atoms with Gasteiger partial charge in [-0.05, 0) is 30.2 Å². The fraction of sp³-hybridized carbons (Fsp3) is 0.389. The second kappa shape index (κ2) is 6.96. The fourth-order valence-corrected chi connectivity index (χ4v) is 5.08. The van der Waals surface area contributed by atoms with Gasteiger partial charge in [0, 0.05) is 35.8 Å². The number of likely N-dealkylation sites (tertiary alicyclic amines) is 1. The quantitative estimate of drug-likeness (QED) is 0.734. The average molecular weight is 426 g/mol. The van der Waals surface area contributed by atoms with Crippen LogP contribution < -0.4 is 4.90 Å². The number of rotatable bonds is 2. The molecule has 1 spiro atoms. The van der Waals surface area contributed by atoms with Crippen LogP contribution in [0.3, 0.4) is 0 Å². The number of benzene rings is 1. The Labute approximate surface area is 170 Å². The first-order valence-electron chi connectivity index (χ1n) is 8.45. The van der Waals surface area contributed by atoms with E-state index in [1.54, 1.807) is 22.1 Å². The summed E-state index contributed by atoms with van der Waals surface area (Å²) in [6.07, 6.45) is 2.15. The minimum absolute atomic E-state index is 0.0435. The van der Waals surface area contributed by atoms with Crippen LogP contribution >= 0.6 is 34.5 Å². The number of thiazole rings is 1. The molecule has 0 aliphatic carbocycles. The number of ether oxygens (including phenoxy) is 1. The van der Waals surface area contributed by atoms with E-state index < -0.39 is 0 Å². The lowest BCUT2D eigenvalue weighted by atomic mass is 9.81. The number of carbonyl (C=O) groups excluding carboxylic acids is 2. The third kappa shape index (κ3) is 3.28. The van der Waals surface area contributed by atoms with Crippen molar-refractivity contribution in [2.24, 2.45) is 0 Å². The lowest BCUT2D eigenvalue weighted by molar-refractivity contribution is -0.118. The molecular formula is C18H17Cl2N3O3S. The molecule has 1 saturated heterocycles. The number of fused-ring (bicyclic) bond motifs is 2. The predicted molar refractivity (Wildman–Crippen MR) is 105 cm³/mol. The maximum Gasteiger partial charge on any atom is 0.409 e. The molecule has 1 fully saturated rings. The van der Waals surface area contributed by atoms with Gasteiger partial charge in [0.2, 0.25) is 5.91 Å². The topological polar surface area (TPSA) is 62.7 Å². The number of nitrogens with zero attached hydrogens (tertiary/aromatic N) is 3. The number of hydrogen-bond acceptors (Lipinski definition) is 5. The number of aromatic nitrogens is 1. The van der Waals surface area contributed by atoms with Crippen LogP contribution in [0.15, 0.2) is 24.4 Å². The summed E-state index contributed by atoms with van der Waals surface area (Å²) in [7, 11) is 1.38. The third-order valence-corrected chi connectivity index (χ3v) is 6.55. The van der Waals surface area contributed by atoms with E-state index in [1.807, 2.05) is 12.1 Å². The predicted octanol–water partition coefficient (Wildman–Crippen LogP) is 3.75. The van der Waals surface area contributed by atoms with Gasteiger partial charge >= 0.3 is 6.09 Å². The standard InChI is InChI=1S/C18H17Cl2N3O3S/c1-26-17(25)22-5-4-18(9-22)10-23(13-3-2-11(19)6-12(13)18)16(24)7-15-21-8-14(20)27-15/h2-3,6,8H,4-5,7,9-10H2,1H3. The van der Waals surface area contributed by atoms with Gasteiger partial charge in [0.15, 0.2) is 0 Å². The molecule has 0 radical (unpaired) electrons. The first kappa shape index (κ1) is 18.5. The molecule has 0 saturated carbocycles. The molecule has 2 amide bonds. The van der Waals surface area contributed by atoms with Crippen LogP contribution in [0.25, 0.3) is 0 Å². The van der Waals surface area contributed by atoms with Gasteiger partial charge in [-0.1, -0.05) is 23.2 Å². The molecular weight excluding hydrogens is 409 g/mol. The van der Waals surface area contributed by atoms with Crippen LogP contribution in [0.5, 0.6) is 0 Å². The number of amides is 2. The summed E-state index contributed by atoms with van der Waals surface area (Å²) >= 11 is 13.5. The summed E-state index contributed by atoms with van der Waals surface area (Å²) < 4.78 is 5.43. The molecule has 142 valence electrons. The number of hydrogen-bond donors (Lipinski definition) is 0. The van der Waals surface area contributed by atoms with Gasteiger partial charge < -0.3 is 14.5 Å². The van der Waals surface area contributed by atoms with E-state index >= 15 is 0 Å². The highest BCUT2D eigenvalue weighted by atomic mass is 35.5. The van der Waals surface area contributed by atoms with Gasteiger partial charge in [-0.15, -0.1) is 11.3 Å². The monoisotopic (exact) mass is 425 g/mol. The maximum atomic E-state index is 13.0. The third-order valence-electron chi connectivity index (χ3n) is 5.20. The minimum Gasteiger partial charge on any atom is -0.453 e. The van der Waals surface area contributed by atoms with Crippen molar-refractivity contribution >= 4 is 52.2 Å². The zero-order chi connectivity index (χ0) is 19.2. The van der Waals surface area contributed by atoms with E-state index in [1.165, 1.54) is 18.4 Å². The Morgan fingerprint density at radius 3 is 2.85 bits per heavy atom. The lowest BCUT2D eigenvalue weighted by Gasteiger charge is -2.25. The summed E-state index contributed by atoms with van der Waals surface area (Å²) in [6.45, 7) is 1.59. The van der Waals surface area contributed by atoms with Gasteiger partial charge in [0.25, 0.3) is 0 Å². The zero-order valence-corrected chi connectivity index (χ0v) is 16.9. The van der Waals surface area contributed by atoms with E-state index in [4.69, 9.17) is 27.9 Å². The van der Waals surface area contributed by atoms with E-state index in [-0.39, 0.29) is 23.8 Å². The van der Waals surface area contributed by atoms with Crippen LogP contribution in [-0.4, -0.2) is 48.6 Å². The largest absolute Gasteiger partial charge is 0.453 e. The lowest BCUT2D eigenvalue weighted by Crippen LogP contribution is -2.40. The number of carbonyl (C=O) groups is 2. The molecule has 1 atom stereocenters. The van der Waals surface area contributed by atoms with Crippen molar-refractivity contribution in [3.05, 3.63) is 44.3 Å². The average Bonchev–Trinajstić information content (AvgIpc) is 3.34. The summed E-state index contributed by atoms with van der Waals surface area (Å²) in [5, 5.41) is 1.30. The van der Waals surface area contributed by atoms with Crippen LogP contribution in [0.1, 0.15) is 17.0 Å². The van der Waals surface area contributed by atoms with Crippen LogP contribution in [0.2, 0.25) is 9.36 Å². The van der Waals surface area contributed by atoms with Crippen molar-refractivity contribution < 1.29 is 14.3 Å². The number of anilines is 1. The van der Waals surface area contributed by atoms with Gasteiger partial charge in [0.05, 0.1) is 19.7 Å². The summed E-state index contributed by atoms with van der Waals surface area (Å²) in [5.41, 5.74) is 1.52. The Morgan fingerprint density at radius 2 is 2.15 bits per heavy atom. The van der Waals surface area contributed by atoms with Gasteiger partial charge in [-0.2, -0.15) is 0 Å². The highest BCUT2D eigenvalue weighted by Gasteiger charge is 2.50. The summed E-state index contributed by atoms with van der Waals surface area (Å²) in [6, 6.07) is 5.57. The molecule has 9 heteroatoms. The molecule has 0 N–H and O–H groups in total. The second-order valence-corrected chi connectivity index (χ2v) is 8.98. The van der Waals surface area contributed by atoms with E-state index in [0.717, 1.165) is 17.7 Å². The van der Waals surface area contributed by atoms with Crippen molar-refractivity contribution in [3.63, 3.8) is 0 Å². The van der Waals surface area contributed by atoms with Crippen molar-refractivity contribution in [2.45, 2.75) is 18.3 Å². The highest BCUT2D eigenvalue weighted by Crippen LogP contribution is 2.47. The molecule has 27 heavy (non-hydrogen) atoms. The number of methoxy groups -OCH3 is 1. The van der Waals surface area contributed by atoms with Gasteiger partial charge in [0.1, 0.15) is 9.34 Å². The SMILES string of the molecule is COC(=O)N1CCC2(C1)CN(C(=O)Cc1ncc(Cl)s1)c1ccc(Cl)cc12. The fourth-order valence-electron chi connectivity index (χ4n) is 3.96. The Kier molecular flexibility index (Phi) is 4.78. The minimum atomic E-state index is -0.349. The molecule has 2 aliphatic heterocycles. The van der Waals surface area contributed by atoms with Crippen LogP contribution in [0, 0.1) is 0 Å². The van der Waals surface area contributed by atoms with Crippen molar-refractivity contribution in [2.75, 3.05) is 31.6 Å². The molecule has 1 aromatic carbocycles. The number of halogens is 2. The molecule has 4 rings (SSSR count). The van der Waals surface area contributed by atoms with E-state index in [9.17, 15) is 9.59 Å². The first-order chi connectivity index (χ1) is 12.9. The molecule has 2 aliphatic rings. The van der Waals surface area contributed by atoms with Crippen molar-refractivity contribution in [1.82, 2.24) is 9.88 Å². The molecule has 1 unspecified atom stereocenters. The molecule has 0 bridgehead atoms. The van der Waals surface area contributed by atoms with Crippen LogP contribution in [-0.2, 0) is 21.4 Å². The molecule has 6 nitrogen and oxygen atoms in total. The Morgan fingerprint density at radius 1 is 1.33 bits per heavy atom. The normalized spacial score (nSPS) is 21.0. The maximum absolute atomic E-state index is 13.0. The Balaban J connectivity index is 1.64. The summed E-state index contributed by atoms with van der Waals surface area (Å²) in [5.74, 6) is -0.0435. The second-order valence-electron chi connectivity index (χ2n) is 6.80. The molecule has 2 aromatic rings. The Bertz CT molecular complexity index is 919. The van der Waals surface area contributed by atoms with Gasteiger partial charge in [-0.25, -0.2) is 9.78 Å². The molecule has 3 heterocycles. The Hall–Kier alpha value is -1.83. The van der Waals surface area contributed by atoms with E-state index in [2.05, 4.69) is 4.98 Å². The van der Waals surface area contributed by atoms with Crippen molar-refractivity contribution in [1.29, 1.82) is 0 Å². The van der Waals surface area contributed by atoms with Crippen LogP contribution in [0.4, 0.5) is 10.5 Å². The smallest absolute Gasteiger partial charge is 0.409 e. The highest BCUT2D eigenvalue weighted by molar-refractivity contribution is 7.15. The zero-order valence-electron chi connectivity index (χ0n) is 14.6. The molecule has 1 aromatic heterocycles. The summed E-state index contributed by atoms with van der Waals surface area (Å²) in [4.78, 5) is 32.6.